The Morgan fingerprint density at radius 1 is 1.37 bits per heavy atom. The molecule has 1 saturated carbocycles. The normalized spacial score (nSPS) is 18.6. The molecule has 1 heterocycles. The maximum absolute atomic E-state index is 12.3. The largest absolute Gasteiger partial charge is 0.348 e. The highest BCUT2D eigenvalue weighted by molar-refractivity contribution is 7.10. The van der Waals surface area contributed by atoms with Crippen LogP contribution in [0.3, 0.4) is 0 Å². The number of rotatable bonds is 4. The minimum Gasteiger partial charge on any atom is -0.348 e. The van der Waals surface area contributed by atoms with Gasteiger partial charge in [-0.1, -0.05) is 19.9 Å². The molecular weight excluding hydrogens is 258 g/mol. The number of hydrogen-bond acceptors (Lipinski definition) is 3. The SMILES string of the molecule is CC(C)C(NC(=O)C1CCC(=O)CC1)c1cccs1. The van der Waals surface area contributed by atoms with Crippen LogP contribution in [0.15, 0.2) is 17.5 Å². The van der Waals surface area contributed by atoms with Gasteiger partial charge in [0, 0.05) is 23.6 Å². The lowest BCUT2D eigenvalue weighted by Gasteiger charge is -2.26. The van der Waals surface area contributed by atoms with Gasteiger partial charge in [-0.05, 0) is 30.2 Å². The molecule has 0 aliphatic heterocycles. The fraction of sp³-hybridized carbons (Fsp3) is 0.600. The van der Waals surface area contributed by atoms with E-state index >= 15 is 0 Å². The van der Waals surface area contributed by atoms with Crippen LogP contribution in [-0.2, 0) is 9.59 Å². The first-order chi connectivity index (χ1) is 9.08. The van der Waals surface area contributed by atoms with Gasteiger partial charge in [-0.3, -0.25) is 9.59 Å². The van der Waals surface area contributed by atoms with Gasteiger partial charge in [0.1, 0.15) is 5.78 Å². The Morgan fingerprint density at radius 3 is 2.58 bits per heavy atom. The number of Topliss-reactive ketones (excluding diaryl/α,β-unsaturated/α-hetero) is 1. The van der Waals surface area contributed by atoms with Crippen molar-refractivity contribution in [2.24, 2.45) is 11.8 Å². The molecule has 1 unspecified atom stereocenters. The Labute approximate surface area is 118 Å². The highest BCUT2D eigenvalue weighted by Crippen LogP contribution is 2.28. The third-order valence-corrected chi connectivity index (χ3v) is 4.68. The van der Waals surface area contributed by atoms with E-state index in [9.17, 15) is 9.59 Å². The molecule has 1 aliphatic rings. The quantitative estimate of drug-likeness (QED) is 0.919. The van der Waals surface area contributed by atoms with Crippen LogP contribution in [0.1, 0.15) is 50.4 Å². The molecule has 1 aromatic rings. The summed E-state index contributed by atoms with van der Waals surface area (Å²) in [6.07, 6.45) is 2.53. The van der Waals surface area contributed by atoms with Crippen LogP contribution < -0.4 is 5.32 Å². The van der Waals surface area contributed by atoms with E-state index < -0.39 is 0 Å². The lowest BCUT2D eigenvalue weighted by atomic mass is 9.87. The molecule has 1 fully saturated rings. The molecule has 4 heteroatoms. The molecule has 104 valence electrons. The minimum atomic E-state index is 0.0129. The number of hydrogen-bond donors (Lipinski definition) is 1. The second-order valence-electron chi connectivity index (χ2n) is 5.56. The third-order valence-electron chi connectivity index (χ3n) is 3.73. The molecule has 1 atom stereocenters. The topological polar surface area (TPSA) is 46.2 Å². The van der Waals surface area contributed by atoms with Crippen LogP contribution >= 0.6 is 11.3 Å². The number of thiophene rings is 1. The van der Waals surface area contributed by atoms with Gasteiger partial charge >= 0.3 is 0 Å². The average molecular weight is 279 g/mol. The predicted octanol–water partition coefficient (Wildman–Crippen LogP) is 3.32. The lowest BCUT2D eigenvalue weighted by molar-refractivity contribution is -0.129. The monoisotopic (exact) mass is 279 g/mol. The van der Waals surface area contributed by atoms with Crippen molar-refractivity contribution in [3.63, 3.8) is 0 Å². The average Bonchev–Trinajstić information content (AvgIpc) is 2.89. The van der Waals surface area contributed by atoms with E-state index in [1.165, 1.54) is 4.88 Å². The van der Waals surface area contributed by atoms with Crippen LogP contribution in [0.5, 0.6) is 0 Å². The van der Waals surface area contributed by atoms with E-state index in [-0.39, 0.29) is 17.9 Å². The maximum atomic E-state index is 12.3. The van der Waals surface area contributed by atoms with Gasteiger partial charge < -0.3 is 5.32 Å². The standard InChI is InChI=1S/C15H21NO2S/c1-10(2)14(13-4-3-9-19-13)16-15(18)11-5-7-12(17)8-6-11/h3-4,9-11,14H,5-8H2,1-2H3,(H,16,18). The molecule has 0 radical (unpaired) electrons. The number of amides is 1. The zero-order chi connectivity index (χ0) is 13.8. The van der Waals surface area contributed by atoms with Crippen molar-refractivity contribution < 1.29 is 9.59 Å². The molecule has 19 heavy (non-hydrogen) atoms. The van der Waals surface area contributed by atoms with E-state index in [0.29, 0.717) is 37.4 Å². The molecule has 1 aromatic heterocycles. The summed E-state index contributed by atoms with van der Waals surface area (Å²) in [5.74, 6) is 0.786. The Balaban J connectivity index is 1.98. The number of nitrogens with one attached hydrogen (secondary N) is 1. The zero-order valence-electron chi connectivity index (χ0n) is 11.5. The van der Waals surface area contributed by atoms with Crippen molar-refractivity contribution >= 4 is 23.0 Å². The van der Waals surface area contributed by atoms with Crippen LogP contribution in [0.4, 0.5) is 0 Å². The molecule has 0 spiro atoms. The first-order valence-corrected chi connectivity index (χ1v) is 7.81. The summed E-state index contributed by atoms with van der Waals surface area (Å²) < 4.78 is 0. The van der Waals surface area contributed by atoms with Crippen LogP contribution in [0.2, 0.25) is 0 Å². The van der Waals surface area contributed by atoms with E-state index in [1.807, 2.05) is 11.4 Å². The van der Waals surface area contributed by atoms with Gasteiger partial charge in [0.15, 0.2) is 0 Å². The van der Waals surface area contributed by atoms with E-state index in [2.05, 4.69) is 25.2 Å². The summed E-state index contributed by atoms with van der Waals surface area (Å²) in [6.45, 7) is 4.24. The summed E-state index contributed by atoms with van der Waals surface area (Å²) in [4.78, 5) is 24.7. The van der Waals surface area contributed by atoms with Crippen molar-refractivity contribution in [2.45, 2.75) is 45.6 Å². The molecule has 1 aliphatic carbocycles. The smallest absolute Gasteiger partial charge is 0.223 e. The second kappa shape index (κ2) is 6.33. The van der Waals surface area contributed by atoms with Gasteiger partial charge in [0.25, 0.3) is 0 Å². The first-order valence-electron chi connectivity index (χ1n) is 6.93. The van der Waals surface area contributed by atoms with Gasteiger partial charge in [-0.2, -0.15) is 0 Å². The van der Waals surface area contributed by atoms with Crippen LogP contribution in [0, 0.1) is 11.8 Å². The van der Waals surface area contributed by atoms with Gasteiger partial charge in [-0.25, -0.2) is 0 Å². The fourth-order valence-electron chi connectivity index (χ4n) is 2.51. The third kappa shape index (κ3) is 3.66. The number of carbonyl (C=O) groups excluding carboxylic acids is 2. The van der Waals surface area contributed by atoms with Crippen molar-refractivity contribution in [1.29, 1.82) is 0 Å². The second-order valence-corrected chi connectivity index (χ2v) is 6.54. The van der Waals surface area contributed by atoms with Crippen LogP contribution in [-0.4, -0.2) is 11.7 Å². The highest BCUT2D eigenvalue weighted by Gasteiger charge is 2.27. The Hall–Kier alpha value is -1.16. The number of ketones is 1. The Morgan fingerprint density at radius 2 is 2.05 bits per heavy atom. The van der Waals surface area contributed by atoms with E-state index in [4.69, 9.17) is 0 Å². The highest BCUT2D eigenvalue weighted by atomic mass is 32.1. The van der Waals surface area contributed by atoms with E-state index in [0.717, 1.165) is 0 Å². The molecule has 2 rings (SSSR count). The summed E-state index contributed by atoms with van der Waals surface area (Å²) in [6, 6.07) is 4.17. The molecule has 0 aromatic carbocycles. The lowest BCUT2D eigenvalue weighted by Crippen LogP contribution is -2.37. The van der Waals surface area contributed by atoms with Crippen molar-refractivity contribution in [2.75, 3.05) is 0 Å². The van der Waals surface area contributed by atoms with Gasteiger partial charge in [0.2, 0.25) is 5.91 Å². The van der Waals surface area contributed by atoms with Gasteiger partial charge in [-0.15, -0.1) is 11.3 Å². The number of carbonyl (C=O) groups is 2. The molecule has 3 nitrogen and oxygen atoms in total. The van der Waals surface area contributed by atoms with Crippen molar-refractivity contribution in [1.82, 2.24) is 5.32 Å². The summed E-state index contributed by atoms with van der Waals surface area (Å²) in [5, 5.41) is 5.20. The maximum Gasteiger partial charge on any atom is 0.223 e. The molecule has 1 amide bonds. The zero-order valence-corrected chi connectivity index (χ0v) is 12.3. The summed E-state index contributed by atoms with van der Waals surface area (Å²) in [5.41, 5.74) is 0. The summed E-state index contributed by atoms with van der Waals surface area (Å²) in [7, 11) is 0. The predicted molar refractivity (Wildman–Crippen MR) is 77.0 cm³/mol. The van der Waals surface area contributed by atoms with Crippen molar-refractivity contribution in [3.05, 3.63) is 22.4 Å². The molecule has 0 saturated heterocycles. The Kier molecular flexibility index (Phi) is 4.75. The van der Waals surface area contributed by atoms with E-state index in [1.54, 1.807) is 11.3 Å². The van der Waals surface area contributed by atoms with Crippen molar-refractivity contribution in [3.8, 4) is 0 Å². The molecule has 1 N–H and O–H groups in total. The van der Waals surface area contributed by atoms with Gasteiger partial charge in [0.05, 0.1) is 6.04 Å². The van der Waals surface area contributed by atoms with Crippen LogP contribution in [0.25, 0.3) is 0 Å². The fourth-order valence-corrected chi connectivity index (χ4v) is 3.46. The molecule has 0 bridgehead atoms. The minimum absolute atomic E-state index is 0.0129. The summed E-state index contributed by atoms with van der Waals surface area (Å²) >= 11 is 1.68. The Bertz CT molecular complexity index is 429. The first kappa shape index (κ1) is 14.3. The molecular formula is C15H21NO2S.